The van der Waals surface area contributed by atoms with Crippen molar-refractivity contribution in [3.63, 3.8) is 0 Å². The number of nitrogens with zero attached hydrogens (tertiary/aromatic N) is 1. The Morgan fingerprint density at radius 1 is 1.08 bits per heavy atom. The topological polar surface area (TPSA) is 63.7 Å². The van der Waals surface area contributed by atoms with Crippen LogP contribution >= 0.6 is 11.6 Å². The Kier molecular flexibility index (Phi) is 6.08. The van der Waals surface area contributed by atoms with E-state index in [2.05, 4.69) is 0 Å². The molecule has 0 aliphatic rings. The number of hydrogen-bond acceptors (Lipinski definition) is 4. The molecule has 0 aliphatic heterocycles. The van der Waals surface area contributed by atoms with Gasteiger partial charge in [0.15, 0.2) is 0 Å². The number of rotatable bonds is 6. The van der Waals surface area contributed by atoms with Gasteiger partial charge >= 0.3 is 0 Å². The first-order valence-corrected chi connectivity index (χ1v) is 9.66. The molecule has 0 aromatic heterocycles. The lowest BCUT2D eigenvalue weighted by atomic mass is 10.2. The molecule has 0 aliphatic carbocycles. The maximum atomic E-state index is 13.0. The monoisotopic (exact) mass is 381 g/mol. The smallest absolute Gasteiger partial charge is 0.270 e. The highest BCUT2D eigenvalue weighted by atomic mass is 35.5. The molecule has 0 N–H and O–H groups in total. The quantitative estimate of drug-likeness (QED) is 0.755. The lowest BCUT2D eigenvalue weighted by Crippen LogP contribution is -2.39. The van der Waals surface area contributed by atoms with Crippen LogP contribution in [0.3, 0.4) is 0 Å². The van der Waals surface area contributed by atoms with Crippen molar-refractivity contribution in [3.8, 4) is 5.75 Å². The minimum atomic E-state index is -4.06. The third kappa shape index (κ3) is 4.32. The summed E-state index contributed by atoms with van der Waals surface area (Å²) in [5.74, 6) is -0.403. The summed E-state index contributed by atoms with van der Waals surface area (Å²) in [7, 11) is -4.06. The van der Waals surface area contributed by atoms with E-state index < -0.39 is 21.8 Å². The van der Waals surface area contributed by atoms with Crippen molar-refractivity contribution in [3.05, 3.63) is 53.6 Å². The van der Waals surface area contributed by atoms with Crippen molar-refractivity contribution < 1.29 is 17.9 Å². The van der Waals surface area contributed by atoms with Gasteiger partial charge < -0.3 is 4.74 Å². The van der Waals surface area contributed by atoms with Crippen LogP contribution < -0.4 is 9.04 Å². The molecular formula is C18H20ClNO4S. The standard InChI is InChI=1S/C18H20ClNO4S/c1-4-24-16-9-7-15(8-10-16)20(18(21)13(2)3)25(22,23)17-11-5-14(19)6-12-17/h5-13H,4H2,1-3H3. The highest BCUT2D eigenvalue weighted by Gasteiger charge is 2.32. The van der Waals surface area contributed by atoms with E-state index in [9.17, 15) is 13.2 Å². The summed E-state index contributed by atoms with van der Waals surface area (Å²) in [6.45, 7) is 5.66. The first-order chi connectivity index (χ1) is 11.8. The largest absolute Gasteiger partial charge is 0.494 e. The second-order valence-corrected chi connectivity index (χ2v) is 7.87. The summed E-state index contributed by atoms with van der Waals surface area (Å²) in [6.07, 6.45) is 0. The van der Waals surface area contributed by atoms with Crippen LogP contribution in [0.1, 0.15) is 20.8 Å². The molecule has 0 radical (unpaired) electrons. The van der Waals surface area contributed by atoms with Gasteiger partial charge in [-0.05, 0) is 55.5 Å². The van der Waals surface area contributed by atoms with Crippen LogP contribution in [0.5, 0.6) is 5.75 Å². The van der Waals surface area contributed by atoms with E-state index in [-0.39, 0.29) is 10.6 Å². The third-order valence-electron chi connectivity index (χ3n) is 3.43. The maximum absolute atomic E-state index is 13.0. The molecule has 5 nitrogen and oxygen atoms in total. The van der Waals surface area contributed by atoms with Gasteiger partial charge in [0.25, 0.3) is 10.0 Å². The lowest BCUT2D eigenvalue weighted by Gasteiger charge is -2.24. The Labute approximate surface area is 153 Å². The number of carbonyl (C=O) groups is 1. The zero-order valence-corrected chi connectivity index (χ0v) is 15.8. The molecule has 0 spiro atoms. The number of sulfonamides is 1. The van der Waals surface area contributed by atoms with Gasteiger partial charge in [0.05, 0.1) is 17.2 Å². The molecule has 0 saturated heterocycles. The van der Waals surface area contributed by atoms with Gasteiger partial charge in [0.1, 0.15) is 5.75 Å². The zero-order chi connectivity index (χ0) is 18.6. The Bertz CT molecular complexity index is 830. The fourth-order valence-corrected chi connectivity index (χ4v) is 3.84. The minimum absolute atomic E-state index is 0.000199. The molecule has 0 atom stereocenters. The number of benzene rings is 2. The second-order valence-electron chi connectivity index (χ2n) is 5.64. The van der Waals surface area contributed by atoms with E-state index in [1.54, 1.807) is 38.1 Å². The van der Waals surface area contributed by atoms with Gasteiger partial charge in [0, 0.05) is 10.9 Å². The summed E-state index contributed by atoms with van der Waals surface area (Å²) >= 11 is 5.83. The van der Waals surface area contributed by atoms with E-state index in [1.165, 1.54) is 24.3 Å². The molecule has 1 amide bonds. The molecule has 0 saturated carbocycles. The van der Waals surface area contributed by atoms with Crippen LogP contribution in [0.4, 0.5) is 5.69 Å². The van der Waals surface area contributed by atoms with Gasteiger partial charge in [-0.25, -0.2) is 12.7 Å². The third-order valence-corrected chi connectivity index (χ3v) is 5.42. The Hall–Kier alpha value is -2.05. The summed E-state index contributed by atoms with van der Waals surface area (Å²) in [5, 5.41) is 0.418. The van der Waals surface area contributed by atoms with Crippen molar-refractivity contribution >= 4 is 33.2 Å². The van der Waals surface area contributed by atoms with Gasteiger partial charge in [-0.3, -0.25) is 4.79 Å². The maximum Gasteiger partial charge on any atom is 0.270 e. The highest BCUT2D eigenvalue weighted by Crippen LogP contribution is 2.28. The molecule has 2 aromatic carbocycles. The lowest BCUT2D eigenvalue weighted by molar-refractivity contribution is -0.120. The number of ether oxygens (including phenoxy) is 1. The van der Waals surface area contributed by atoms with Crippen LogP contribution in [0.2, 0.25) is 5.02 Å². The molecular weight excluding hydrogens is 362 g/mol. The van der Waals surface area contributed by atoms with E-state index >= 15 is 0 Å². The van der Waals surface area contributed by atoms with Crippen LogP contribution in [-0.2, 0) is 14.8 Å². The minimum Gasteiger partial charge on any atom is -0.494 e. The Morgan fingerprint density at radius 3 is 2.12 bits per heavy atom. The number of amides is 1. The van der Waals surface area contributed by atoms with E-state index in [0.717, 1.165) is 4.31 Å². The number of halogens is 1. The van der Waals surface area contributed by atoms with Crippen molar-refractivity contribution in [2.24, 2.45) is 5.92 Å². The van der Waals surface area contributed by atoms with Crippen LogP contribution in [-0.4, -0.2) is 20.9 Å². The molecule has 25 heavy (non-hydrogen) atoms. The normalized spacial score (nSPS) is 11.4. The van der Waals surface area contributed by atoms with Crippen molar-refractivity contribution in [1.82, 2.24) is 0 Å². The first kappa shape index (κ1) is 19.3. The first-order valence-electron chi connectivity index (χ1n) is 7.85. The van der Waals surface area contributed by atoms with E-state index in [4.69, 9.17) is 16.3 Å². The van der Waals surface area contributed by atoms with Gasteiger partial charge in [-0.2, -0.15) is 0 Å². The molecule has 134 valence electrons. The van der Waals surface area contributed by atoms with Crippen molar-refractivity contribution in [1.29, 1.82) is 0 Å². The van der Waals surface area contributed by atoms with Crippen molar-refractivity contribution in [2.75, 3.05) is 10.9 Å². The summed E-state index contributed by atoms with van der Waals surface area (Å²) in [6, 6.07) is 12.1. The van der Waals surface area contributed by atoms with Crippen LogP contribution in [0.25, 0.3) is 0 Å². The highest BCUT2D eigenvalue weighted by molar-refractivity contribution is 7.93. The summed E-state index contributed by atoms with van der Waals surface area (Å²) in [5.41, 5.74) is 0.261. The van der Waals surface area contributed by atoms with Crippen molar-refractivity contribution in [2.45, 2.75) is 25.7 Å². The molecule has 2 rings (SSSR count). The summed E-state index contributed by atoms with van der Waals surface area (Å²) in [4.78, 5) is 12.6. The fraction of sp³-hybridized carbons (Fsp3) is 0.278. The molecule has 0 heterocycles. The Balaban J connectivity index is 2.52. The van der Waals surface area contributed by atoms with Gasteiger partial charge in [0.2, 0.25) is 5.91 Å². The fourth-order valence-electron chi connectivity index (χ4n) is 2.18. The average Bonchev–Trinajstić information content (AvgIpc) is 2.57. The molecule has 0 bridgehead atoms. The molecule has 0 fully saturated rings. The SMILES string of the molecule is CCOc1ccc(N(C(=O)C(C)C)S(=O)(=O)c2ccc(Cl)cc2)cc1. The predicted octanol–water partition coefficient (Wildman–Crippen LogP) is 4.12. The van der Waals surface area contributed by atoms with Gasteiger partial charge in [-0.1, -0.05) is 25.4 Å². The molecule has 0 unspecified atom stereocenters. The second kappa shape index (κ2) is 7.89. The summed E-state index contributed by atoms with van der Waals surface area (Å²) < 4.78 is 32.3. The predicted molar refractivity (Wildman–Crippen MR) is 98.6 cm³/mol. The number of hydrogen-bond donors (Lipinski definition) is 0. The average molecular weight is 382 g/mol. The van der Waals surface area contributed by atoms with E-state index in [0.29, 0.717) is 17.4 Å². The van der Waals surface area contributed by atoms with Crippen LogP contribution in [0.15, 0.2) is 53.4 Å². The number of carbonyl (C=O) groups excluding carboxylic acids is 1. The number of anilines is 1. The van der Waals surface area contributed by atoms with Gasteiger partial charge in [-0.15, -0.1) is 0 Å². The van der Waals surface area contributed by atoms with Crippen LogP contribution in [0, 0.1) is 5.92 Å². The zero-order valence-electron chi connectivity index (χ0n) is 14.3. The van der Waals surface area contributed by atoms with E-state index in [1.807, 2.05) is 6.92 Å². The molecule has 2 aromatic rings. The Morgan fingerprint density at radius 2 is 1.64 bits per heavy atom. The molecule has 7 heteroatoms.